The Morgan fingerprint density at radius 1 is 0.939 bits per heavy atom. The quantitative estimate of drug-likeness (QED) is 0.395. The van der Waals surface area contributed by atoms with E-state index in [-0.39, 0.29) is 27.2 Å². The van der Waals surface area contributed by atoms with Gasteiger partial charge in [0.15, 0.2) is 17.2 Å². The number of nitrogens with zero attached hydrogens (tertiary/aromatic N) is 1. The molecule has 11 heteroatoms. The smallest absolute Gasteiger partial charge is 0.245 e. The van der Waals surface area contributed by atoms with Gasteiger partial charge in [-0.3, -0.25) is 9.10 Å². The zero-order valence-electron chi connectivity index (χ0n) is 17.5. The van der Waals surface area contributed by atoms with Crippen LogP contribution in [0, 0.1) is 0 Å². The summed E-state index contributed by atoms with van der Waals surface area (Å²) in [5, 5.41) is 3.42. The van der Waals surface area contributed by atoms with Gasteiger partial charge in [-0.05, 0) is 48.5 Å². The highest BCUT2D eigenvalue weighted by atomic mass is 35.5. The number of sulfonamides is 1. The average Bonchev–Trinajstić information content (AvgIpc) is 2.75. The van der Waals surface area contributed by atoms with Crippen molar-refractivity contribution in [3.8, 4) is 17.2 Å². The van der Waals surface area contributed by atoms with Crippen LogP contribution in [0.1, 0.15) is 0 Å². The molecule has 0 radical (unpaired) electrons. The Morgan fingerprint density at radius 2 is 1.64 bits per heavy atom. The van der Waals surface area contributed by atoms with E-state index in [0.717, 1.165) is 10.6 Å². The second kappa shape index (κ2) is 10.5. The highest BCUT2D eigenvalue weighted by Gasteiger charge is 2.22. The van der Waals surface area contributed by atoms with Crippen LogP contribution in [0.4, 0.5) is 11.4 Å². The minimum Gasteiger partial charge on any atom is -0.493 e. The maximum absolute atomic E-state index is 12.8. The van der Waals surface area contributed by atoms with Gasteiger partial charge in [-0.1, -0.05) is 46.9 Å². The molecule has 3 aromatic carbocycles. The van der Waals surface area contributed by atoms with Crippen LogP contribution in [0.25, 0.3) is 0 Å². The predicted molar refractivity (Wildman–Crippen MR) is 132 cm³/mol. The first-order valence-electron chi connectivity index (χ1n) is 9.41. The molecule has 174 valence electrons. The van der Waals surface area contributed by atoms with Crippen molar-refractivity contribution in [3.05, 3.63) is 75.7 Å². The Balaban J connectivity index is 1.87. The minimum atomic E-state index is -3.81. The van der Waals surface area contributed by atoms with Crippen LogP contribution in [0.15, 0.2) is 60.7 Å². The Hall–Kier alpha value is -2.65. The molecule has 1 N–H and O–H groups in total. The van der Waals surface area contributed by atoms with E-state index < -0.39 is 22.5 Å². The highest BCUT2D eigenvalue weighted by molar-refractivity contribution is 7.92. The van der Waals surface area contributed by atoms with Crippen molar-refractivity contribution in [1.82, 2.24) is 0 Å². The Bertz CT molecular complexity index is 1280. The number of halogens is 3. The molecular formula is C22H19Cl3N2O5S. The summed E-state index contributed by atoms with van der Waals surface area (Å²) in [6.45, 7) is -0.516. The van der Waals surface area contributed by atoms with E-state index >= 15 is 0 Å². The van der Waals surface area contributed by atoms with Gasteiger partial charge in [-0.15, -0.1) is 0 Å². The predicted octanol–water partition coefficient (Wildman–Crippen LogP) is 5.85. The van der Waals surface area contributed by atoms with Crippen LogP contribution >= 0.6 is 34.8 Å². The molecule has 3 aromatic rings. The maximum atomic E-state index is 12.8. The van der Waals surface area contributed by atoms with Crippen molar-refractivity contribution in [3.63, 3.8) is 0 Å². The molecule has 0 saturated carbocycles. The van der Waals surface area contributed by atoms with Gasteiger partial charge < -0.3 is 14.8 Å². The molecule has 3 rings (SSSR count). The third kappa shape index (κ3) is 6.45. The zero-order chi connectivity index (χ0) is 24.2. The summed E-state index contributed by atoms with van der Waals surface area (Å²) in [7, 11) is -2.30. The Labute approximate surface area is 206 Å². The Kier molecular flexibility index (Phi) is 7.97. The second-order valence-corrected chi connectivity index (χ2v) is 9.97. The van der Waals surface area contributed by atoms with E-state index in [1.165, 1.54) is 31.4 Å². The van der Waals surface area contributed by atoms with E-state index in [1.807, 2.05) is 0 Å². The third-order valence-electron chi connectivity index (χ3n) is 4.38. The first-order chi connectivity index (χ1) is 15.6. The third-order valence-corrected chi connectivity index (χ3v) is 6.50. The number of carbonyl (C=O) groups excluding carboxylic acids is 1. The van der Waals surface area contributed by atoms with Gasteiger partial charge in [-0.25, -0.2) is 8.42 Å². The van der Waals surface area contributed by atoms with Gasteiger partial charge in [-0.2, -0.15) is 0 Å². The van der Waals surface area contributed by atoms with Gasteiger partial charge in [0, 0.05) is 5.02 Å². The highest BCUT2D eigenvalue weighted by Crippen LogP contribution is 2.36. The molecule has 33 heavy (non-hydrogen) atoms. The number of anilines is 2. The lowest BCUT2D eigenvalue weighted by molar-refractivity contribution is -0.114. The summed E-state index contributed by atoms with van der Waals surface area (Å²) in [6, 6.07) is 15.9. The number of methoxy groups -OCH3 is 1. The van der Waals surface area contributed by atoms with Crippen LogP contribution in [-0.2, 0) is 14.8 Å². The van der Waals surface area contributed by atoms with E-state index in [0.29, 0.717) is 16.5 Å². The van der Waals surface area contributed by atoms with Crippen LogP contribution in [0.5, 0.6) is 17.2 Å². The molecule has 0 aliphatic rings. The molecule has 0 heterocycles. The normalized spacial score (nSPS) is 11.1. The average molecular weight is 530 g/mol. The fourth-order valence-electron chi connectivity index (χ4n) is 2.87. The summed E-state index contributed by atoms with van der Waals surface area (Å²) in [6.07, 6.45) is 0.985. The minimum absolute atomic E-state index is 0.158. The number of benzene rings is 3. The fraction of sp³-hybridized carbons (Fsp3) is 0.136. The van der Waals surface area contributed by atoms with Crippen LogP contribution in [0.2, 0.25) is 15.1 Å². The number of ether oxygens (including phenoxy) is 2. The number of para-hydroxylation sites is 2. The van der Waals surface area contributed by atoms with Gasteiger partial charge in [0.25, 0.3) is 0 Å². The zero-order valence-corrected chi connectivity index (χ0v) is 20.6. The van der Waals surface area contributed by atoms with Crippen LogP contribution < -0.4 is 19.1 Å². The Morgan fingerprint density at radius 3 is 2.27 bits per heavy atom. The molecule has 0 unspecified atom stereocenters. The molecule has 0 aliphatic heterocycles. The molecular weight excluding hydrogens is 511 g/mol. The van der Waals surface area contributed by atoms with Gasteiger partial charge >= 0.3 is 0 Å². The fourth-order valence-corrected chi connectivity index (χ4v) is 4.18. The monoisotopic (exact) mass is 528 g/mol. The van der Waals surface area contributed by atoms with Crippen molar-refractivity contribution in [2.24, 2.45) is 0 Å². The van der Waals surface area contributed by atoms with Crippen LogP contribution in [-0.4, -0.2) is 34.2 Å². The molecule has 7 nitrogen and oxygen atoms in total. The summed E-state index contributed by atoms with van der Waals surface area (Å²) >= 11 is 18.0. The molecule has 0 spiro atoms. The number of hydrogen-bond donors (Lipinski definition) is 1. The lowest BCUT2D eigenvalue weighted by atomic mass is 10.2. The largest absolute Gasteiger partial charge is 0.493 e. The van der Waals surface area contributed by atoms with E-state index in [2.05, 4.69) is 5.32 Å². The van der Waals surface area contributed by atoms with Crippen molar-refractivity contribution < 1.29 is 22.7 Å². The number of rotatable bonds is 8. The van der Waals surface area contributed by atoms with Gasteiger partial charge in [0.2, 0.25) is 15.9 Å². The molecule has 0 saturated heterocycles. The SMILES string of the molecule is COc1ccccc1Oc1ccc(Cl)cc1NC(=O)CN(c1ccc(Cl)c(Cl)c1)S(C)(=O)=O. The van der Waals surface area contributed by atoms with E-state index in [1.54, 1.807) is 36.4 Å². The van der Waals surface area contributed by atoms with Gasteiger partial charge in [0.05, 0.1) is 34.8 Å². The summed E-state index contributed by atoms with van der Waals surface area (Å²) in [5.74, 6) is 0.579. The summed E-state index contributed by atoms with van der Waals surface area (Å²) < 4.78 is 36.8. The molecule has 0 aromatic heterocycles. The van der Waals surface area contributed by atoms with Crippen molar-refractivity contribution >= 4 is 62.1 Å². The van der Waals surface area contributed by atoms with Crippen LogP contribution in [0.3, 0.4) is 0 Å². The summed E-state index contributed by atoms with van der Waals surface area (Å²) in [5.41, 5.74) is 0.444. The van der Waals surface area contributed by atoms with Gasteiger partial charge in [0.1, 0.15) is 6.54 Å². The molecule has 0 atom stereocenters. The molecule has 0 bridgehead atoms. The number of amides is 1. The van der Waals surface area contributed by atoms with Crippen molar-refractivity contribution in [2.75, 3.05) is 29.5 Å². The lowest BCUT2D eigenvalue weighted by Gasteiger charge is -2.22. The standard InChI is InChI=1S/C22H19Cl3N2O5S/c1-31-20-5-3-4-6-21(20)32-19-10-7-14(23)11-18(19)26-22(28)13-27(33(2,29)30)15-8-9-16(24)17(25)12-15/h3-12H,13H2,1-2H3,(H,26,28). The van der Waals surface area contributed by atoms with E-state index in [9.17, 15) is 13.2 Å². The van der Waals surface area contributed by atoms with Crippen molar-refractivity contribution in [1.29, 1.82) is 0 Å². The van der Waals surface area contributed by atoms with E-state index in [4.69, 9.17) is 44.3 Å². The number of nitrogens with one attached hydrogen (secondary N) is 1. The maximum Gasteiger partial charge on any atom is 0.245 e. The molecule has 0 aliphatic carbocycles. The molecule has 1 amide bonds. The first kappa shape index (κ1) is 25.0. The molecule has 0 fully saturated rings. The summed E-state index contributed by atoms with van der Waals surface area (Å²) in [4.78, 5) is 12.8. The lowest BCUT2D eigenvalue weighted by Crippen LogP contribution is -2.37. The second-order valence-electron chi connectivity index (χ2n) is 6.81. The number of carbonyl (C=O) groups is 1. The van der Waals surface area contributed by atoms with Crippen molar-refractivity contribution in [2.45, 2.75) is 0 Å². The topological polar surface area (TPSA) is 84.9 Å². The number of hydrogen-bond acceptors (Lipinski definition) is 5. The first-order valence-corrected chi connectivity index (χ1v) is 12.4.